The van der Waals surface area contributed by atoms with Gasteiger partial charge < -0.3 is 20.4 Å². The quantitative estimate of drug-likeness (QED) is 0.812. The Hall–Kier alpha value is -2.57. The molecule has 4 amide bonds. The lowest BCUT2D eigenvalue weighted by Crippen LogP contribution is -2.70. The highest BCUT2D eigenvalue weighted by Gasteiger charge is 2.53. The summed E-state index contributed by atoms with van der Waals surface area (Å²) in [5.74, 6) is -0.117. The minimum atomic E-state index is -0.260. The molecule has 2 N–H and O–H groups in total. The number of rotatable bonds is 2. The van der Waals surface area contributed by atoms with Crippen molar-refractivity contribution in [3.8, 4) is 0 Å². The lowest BCUT2D eigenvalue weighted by Gasteiger charge is -2.50. The molecule has 0 aromatic heterocycles. The Kier molecular flexibility index (Phi) is 2.88. The maximum Gasteiger partial charge on any atom is 0.317 e. The standard InChI is InChI=1S/C16H18N4O3/c1-19-15(23)17-7-16(19)8-20(9-16)13(21)6-12-10-4-2-3-5-11(10)14(22)18-12/h2-5,12H,6-9H2,1H3,(H,17,23)(H,18,22). The predicted molar refractivity (Wildman–Crippen MR) is 81.7 cm³/mol. The number of fused-ring (bicyclic) bond motifs is 1. The zero-order valence-electron chi connectivity index (χ0n) is 12.8. The van der Waals surface area contributed by atoms with Crippen molar-refractivity contribution in [1.29, 1.82) is 0 Å². The van der Waals surface area contributed by atoms with Gasteiger partial charge in [-0.1, -0.05) is 18.2 Å². The molecule has 2 fully saturated rings. The second kappa shape index (κ2) is 4.71. The Morgan fingerprint density at radius 3 is 2.74 bits per heavy atom. The van der Waals surface area contributed by atoms with E-state index in [4.69, 9.17) is 0 Å². The summed E-state index contributed by atoms with van der Waals surface area (Å²) in [4.78, 5) is 39.4. The van der Waals surface area contributed by atoms with Gasteiger partial charge in [0, 0.05) is 32.2 Å². The van der Waals surface area contributed by atoms with Crippen LogP contribution in [0.5, 0.6) is 0 Å². The lowest BCUT2D eigenvalue weighted by molar-refractivity contribution is -0.142. The number of carbonyl (C=O) groups excluding carboxylic acids is 3. The van der Waals surface area contributed by atoms with Gasteiger partial charge in [-0.05, 0) is 11.6 Å². The van der Waals surface area contributed by atoms with Crippen LogP contribution in [0.25, 0.3) is 0 Å². The fourth-order valence-electron chi connectivity index (χ4n) is 3.64. The van der Waals surface area contributed by atoms with Gasteiger partial charge in [0.05, 0.1) is 18.0 Å². The molecule has 1 unspecified atom stereocenters. The monoisotopic (exact) mass is 314 g/mol. The summed E-state index contributed by atoms with van der Waals surface area (Å²) < 4.78 is 0. The number of hydrogen-bond acceptors (Lipinski definition) is 3. The zero-order valence-corrected chi connectivity index (χ0v) is 12.8. The van der Waals surface area contributed by atoms with Crippen LogP contribution in [-0.2, 0) is 4.79 Å². The van der Waals surface area contributed by atoms with Crippen LogP contribution in [0.15, 0.2) is 24.3 Å². The summed E-state index contributed by atoms with van der Waals surface area (Å²) in [6.07, 6.45) is 0.254. The molecule has 0 bridgehead atoms. The molecule has 3 aliphatic rings. The van der Waals surface area contributed by atoms with Crippen LogP contribution in [0.3, 0.4) is 0 Å². The van der Waals surface area contributed by atoms with Gasteiger partial charge >= 0.3 is 6.03 Å². The van der Waals surface area contributed by atoms with Crippen LogP contribution in [0.4, 0.5) is 4.79 Å². The van der Waals surface area contributed by atoms with Gasteiger partial charge in [0.15, 0.2) is 0 Å². The van der Waals surface area contributed by atoms with Crippen molar-refractivity contribution in [2.75, 3.05) is 26.7 Å². The molecule has 0 aliphatic carbocycles. The first-order valence-electron chi connectivity index (χ1n) is 7.69. The summed E-state index contributed by atoms with van der Waals surface area (Å²) >= 11 is 0. The third kappa shape index (κ3) is 1.99. The Morgan fingerprint density at radius 2 is 2.04 bits per heavy atom. The van der Waals surface area contributed by atoms with E-state index in [9.17, 15) is 14.4 Å². The summed E-state index contributed by atoms with van der Waals surface area (Å²) in [7, 11) is 1.76. The van der Waals surface area contributed by atoms with Gasteiger partial charge in [0.1, 0.15) is 0 Å². The number of carbonyl (C=O) groups is 3. The number of hydrogen-bond donors (Lipinski definition) is 2. The number of benzene rings is 1. The molecule has 4 rings (SSSR count). The largest absolute Gasteiger partial charge is 0.345 e. The number of nitrogens with one attached hydrogen (secondary N) is 2. The van der Waals surface area contributed by atoms with E-state index in [1.54, 1.807) is 22.9 Å². The number of likely N-dealkylation sites (tertiary alicyclic amines) is 1. The first-order chi connectivity index (χ1) is 11.0. The maximum absolute atomic E-state index is 12.5. The summed E-state index contributed by atoms with van der Waals surface area (Å²) in [5, 5.41) is 5.67. The van der Waals surface area contributed by atoms with Crippen molar-refractivity contribution in [2.45, 2.75) is 18.0 Å². The van der Waals surface area contributed by atoms with E-state index in [2.05, 4.69) is 10.6 Å². The van der Waals surface area contributed by atoms with E-state index in [-0.39, 0.29) is 35.8 Å². The summed E-state index contributed by atoms with van der Waals surface area (Å²) in [6.45, 7) is 1.67. The van der Waals surface area contributed by atoms with Gasteiger partial charge in [-0.15, -0.1) is 0 Å². The molecule has 3 aliphatic heterocycles. The molecular weight excluding hydrogens is 296 g/mol. The third-order valence-corrected chi connectivity index (χ3v) is 5.17. The average Bonchev–Trinajstić information content (AvgIpc) is 2.97. The summed E-state index contributed by atoms with van der Waals surface area (Å²) in [5.41, 5.74) is 1.27. The first kappa shape index (κ1) is 14.0. The third-order valence-electron chi connectivity index (χ3n) is 5.17. The van der Waals surface area contributed by atoms with Gasteiger partial charge in [-0.2, -0.15) is 0 Å². The van der Waals surface area contributed by atoms with Crippen molar-refractivity contribution in [3.63, 3.8) is 0 Å². The van der Waals surface area contributed by atoms with Crippen LogP contribution in [-0.4, -0.2) is 59.9 Å². The van der Waals surface area contributed by atoms with Gasteiger partial charge in [0.25, 0.3) is 5.91 Å². The highest BCUT2D eigenvalue weighted by Crippen LogP contribution is 2.33. The molecule has 0 saturated carbocycles. The van der Waals surface area contributed by atoms with Crippen LogP contribution in [0, 0.1) is 0 Å². The Balaban J connectivity index is 1.41. The number of likely N-dealkylation sites (N-methyl/N-ethyl adjacent to an activating group) is 1. The maximum atomic E-state index is 12.5. The highest BCUT2D eigenvalue weighted by atomic mass is 16.2. The molecule has 7 heteroatoms. The van der Waals surface area contributed by atoms with Crippen molar-refractivity contribution in [1.82, 2.24) is 20.4 Å². The van der Waals surface area contributed by atoms with Gasteiger partial charge in [0.2, 0.25) is 5.91 Å². The lowest BCUT2D eigenvalue weighted by atomic mass is 9.88. The molecular formula is C16H18N4O3. The van der Waals surface area contributed by atoms with Crippen LogP contribution >= 0.6 is 0 Å². The van der Waals surface area contributed by atoms with Crippen molar-refractivity contribution >= 4 is 17.8 Å². The molecule has 23 heavy (non-hydrogen) atoms. The smallest absolute Gasteiger partial charge is 0.317 e. The second-order valence-corrected chi connectivity index (χ2v) is 6.51. The Bertz CT molecular complexity index is 711. The van der Waals surface area contributed by atoms with Crippen molar-refractivity contribution in [2.24, 2.45) is 0 Å². The molecule has 1 spiro atoms. The van der Waals surface area contributed by atoms with Crippen molar-refractivity contribution in [3.05, 3.63) is 35.4 Å². The molecule has 0 radical (unpaired) electrons. The SMILES string of the molecule is CN1C(=O)NCC12CN(C(=O)CC1NC(=O)c3ccccc31)C2. The molecule has 1 atom stereocenters. The Morgan fingerprint density at radius 1 is 1.30 bits per heavy atom. The molecule has 1 aromatic rings. The molecule has 7 nitrogen and oxygen atoms in total. The van der Waals surface area contributed by atoms with E-state index in [1.165, 1.54) is 0 Å². The highest BCUT2D eigenvalue weighted by molar-refractivity contribution is 5.99. The van der Waals surface area contributed by atoms with E-state index in [0.717, 1.165) is 5.56 Å². The number of amides is 4. The minimum Gasteiger partial charge on any atom is -0.345 e. The average molecular weight is 314 g/mol. The Labute approximate surface area is 133 Å². The van der Waals surface area contributed by atoms with Crippen LogP contribution < -0.4 is 10.6 Å². The van der Waals surface area contributed by atoms with E-state index >= 15 is 0 Å². The topological polar surface area (TPSA) is 81.8 Å². The summed E-state index contributed by atoms with van der Waals surface area (Å²) in [6, 6.07) is 7.01. The van der Waals surface area contributed by atoms with E-state index in [1.807, 2.05) is 18.2 Å². The zero-order chi connectivity index (χ0) is 16.2. The van der Waals surface area contributed by atoms with Gasteiger partial charge in [-0.3, -0.25) is 9.59 Å². The van der Waals surface area contributed by atoms with E-state index < -0.39 is 0 Å². The first-order valence-corrected chi connectivity index (χ1v) is 7.69. The normalized spacial score (nSPS) is 24.3. The minimum absolute atomic E-state index is 0.00498. The van der Waals surface area contributed by atoms with Gasteiger partial charge in [-0.25, -0.2) is 4.79 Å². The molecule has 3 heterocycles. The fourth-order valence-corrected chi connectivity index (χ4v) is 3.64. The van der Waals surface area contributed by atoms with E-state index in [0.29, 0.717) is 25.2 Å². The van der Waals surface area contributed by atoms with Crippen LogP contribution in [0.1, 0.15) is 28.4 Å². The number of nitrogens with zero attached hydrogens (tertiary/aromatic N) is 2. The molecule has 2 saturated heterocycles. The van der Waals surface area contributed by atoms with Crippen LogP contribution in [0.2, 0.25) is 0 Å². The second-order valence-electron chi connectivity index (χ2n) is 6.51. The fraction of sp³-hybridized carbons (Fsp3) is 0.438. The molecule has 1 aromatic carbocycles. The predicted octanol–water partition coefficient (Wildman–Crippen LogP) is 0.0972. The molecule has 120 valence electrons. The number of urea groups is 1. The van der Waals surface area contributed by atoms with Crippen molar-refractivity contribution < 1.29 is 14.4 Å².